The molecule has 3 N–H and O–H groups in total. The number of sulfone groups is 1. The molecule has 0 radical (unpaired) electrons. The number of carbonyl (C=O) groups excluding carboxylic acids is 1. The number of hydrogen-bond acceptors (Lipinski definition) is 8. The topological polar surface area (TPSA) is 127 Å². The Morgan fingerprint density at radius 2 is 1.74 bits per heavy atom. The van der Waals surface area contributed by atoms with Crippen LogP contribution in [0.5, 0.6) is 5.75 Å². The molecule has 34 heavy (non-hydrogen) atoms. The van der Waals surface area contributed by atoms with Crippen molar-refractivity contribution in [2.24, 2.45) is 5.92 Å². The normalized spacial score (nSPS) is 20.5. The van der Waals surface area contributed by atoms with E-state index in [0.29, 0.717) is 31.4 Å². The molecule has 1 aliphatic carbocycles. The Labute approximate surface area is 200 Å². The zero-order valence-corrected chi connectivity index (χ0v) is 20.5. The van der Waals surface area contributed by atoms with Crippen LogP contribution in [0.2, 0.25) is 0 Å². The first-order chi connectivity index (χ1) is 16.2. The fourth-order valence-electron chi connectivity index (χ4n) is 4.59. The van der Waals surface area contributed by atoms with Crippen LogP contribution in [0, 0.1) is 5.92 Å². The van der Waals surface area contributed by atoms with Crippen molar-refractivity contribution in [2.75, 3.05) is 7.11 Å². The molecule has 1 heterocycles. The van der Waals surface area contributed by atoms with Gasteiger partial charge in [-0.3, -0.25) is 20.3 Å². The number of hydroxylamine groups is 1. The summed E-state index contributed by atoms with van der Waals surface area (Å²) in [6.07, 6.45) is 5.33. The molecule has 3 rings (SSSR count). The van der Waals surface area contributed by atoms with Gasteiger partial charge in [0, 0.05) is 24.9 Å². The summed E-state index contributed by atoms with van der Waals surface area (Å²) in [4.78, 5) is 15.1. The standard InChI is InChI=1S/C24H33N3O6S/c1-17(2)33-21-6-4-19(5-7-21)24(23(28)27-29,26-16-18-12-14-25-15-13-18)34(30,31)22-10-8-20(32-3)9-11-22/h8-15,17,19,21,26,29H,4-7,16H2,1-3H3,(H,27,28)/t19?,21?,24-/m1/s1. The van der Waals surface area contributed by atoms with Gasteiger partial charge in [0.15, 0.2) is 0 Å². The number of hydrogen-bond donors (Lipinski definition) is 3. The van der Waals surface area contributed by atoms with Crippen LogP contribution in [0.4, 0.5) is 0 Å². The first-order valence-electron chi connectivity index (χ1n) is 11.4. The van der Waals surface area contributed by atoms with E-state index in [1.54, 1.807) is 30.0 Å². The highest BCUT2D eigenvalue weighted by molar-refractivity contribution is 7.93. The van der Waals surface area contributed by atoms with Crippen LogP contribution in [0.1, 0.15) is 45.1 Å². The summed E-state index contributed by atoms with van der Waals surface area (Å²) in [5.74, 6) is -1.11. The second-order valence-electron chi connectivity index (χ2n) is 8.72. The summed E-state index contributed by atoms with van der Waals surface area (Å²) in [6.45, 7) is 4.01. The van der Waals surface area contributed by atoms with Crippen molar-refractivity contribution in [2.45, 2.75) is 68.0 Å². The maximum Gasteiger partial charge on any atom is 0.280 e. The summed E-state index contributed by atoms with van der Waals surface area (Å²) in [7, 11) is -2.82. The molecular formula is C24H33N3O6S. The van der Waals surface area contributed by atoms with Crippen molar-refractivity contribution >= 4 is 15.7 Å². The van der Waals surface area contributed by atoms with E-state index in [1.165, 1.54) is 31.4 Å². The Kier molecular flexibility index (Phi) is 8.64. The number of nitrogens with one attached hydrogen (secondary N) is 2. The number of aromatic nitrogens is 1. The van der Waals surface area contributed by atoms with Crippen molar-refractivity contribution in [3.05, 3.63) is 54.4 Å². The molecule has 1 saturated carbocycles. The molecule has 0 aliphatic heterocycles. The Bertz CT molecular complexity index is 1040. The zero-order chi connectivity index (χ0) is 24.8. The van der Waals surface area contributed by atoms with Gasteiger partial charge in [0.1, 0.15) is 5.75 Å². The third-order valence-electron chi connectivity index (χ3n) is 6.25. The van der Waals surface area contributed by atoms with Gasteiger partial charge in [0.2, 0.25) is 14.7 Å². The minimum absolute atomic E-state index is 0.00461. The highest BCUT2D eigenvalue weighted by Crippen LogP contribution is 2.41. The molecule has 9 nitrogen and oxygen atoms in total. The molecule has 186 valence electrons. The summed E-state index contributed by atoms with van der Waals surface area (Å²) in [5.41, 5.74) is 2.39. The fourth-order valence-corrected chi connectivity index (χ4v) is 6.69. The van der Waals surface area contributed by atoms with Gasteiger partial charge >= 0.3 is 0 Å². The molecule has 1 atom stereocenters. The van der Waals surface area contributed by atoms with E-state index in [9.17, 15) is 18.4 Å². The van der Waals surface area contributed by atoms with Crippen molar-refractivity contribution in [3.8, 4) is 5.75 Å². The van der Waals surface area contributed by atoms with Crippen molar-refractivity contribution in [1.82, 2.24) is 15.8 Å². The van der Waals surface area contributed by atoms with Crippen molar-refractivity contribution in [1.29, 1.82) is 0 Å². The van der Waals surface area contributed by atoms with Crippen LogP contribution in [0.15, 0.2) is 53.7 Å². The molecule has 1 aliphatic rings. The quantitative estimate of drug-likeness (QED) is 0.342. The van der Waals surface area contributed by atoms with Gasteiger partial charge in [-0.15, -0.1) is 0 Å². The third kappa shape index (κ3) is 5.41. The molecule has 0 unspecified atom stereocenters. The third-order valence-corrected chi connectivity index (χ3v) is 8.65. The zero-order valence-electron chi connectivity index (χ0n) is 19.7. The number of nitrogens with zero attached hydrogens (tertiary/aromatic N) is 1. The highest BCUT2D eigenvalue weighted by atomic mass is 32.2. The first-order valence-corrected chi connectivity index (χ1v) is 12.9. The van der Waals surface area contributed by atoms with Crippen LogP contribution < -0.4 is 15.5 Å². The van der Waals surface area contributed by atoms with Crippen molar-refractivity contribution < 1.29 is 27.9 Å². The van der Waals surface area contributed by atoms with E-state index < -0.39 is 26.5 Å². The SMILES string of the molecule is COc1ccc(S(=O)(=O)[C@@](NCc2ccncc2)(C(=O)NO)C2CCC(OC(C)C)CC2)cc1. The lowest BCUT2D eigenvalue weighted by molar-refractivity contribution is -0.135. The minimum atomic E-state index is -4.30. The molecule has 10 heteroatoms. The molecular weight excluding hydrogens is 458 g/mol. The van der Waals surface area contributed by atoms with E-state index in [0.717, 1.165) is 5.56 Å². The van der Waals surface area contributed by atoms with Crippen LogP contribution in [0.3, 0.4) is 0 Å². The summed E-state index contributed by atoms with van der Waals surface area (Å²) in [5, 5.41) is 12.7. The Morgan fingerprint density at radius 3 is 2.26 bits per heavy atom. The highest BCUT2D eigenvalue weighted by Gasteiger charge is 2.57. The number of benzene rings is 1. The van der Waals surface area contributed by atoms with Gasteiger partial charge in [-0.05, 0) is 81.5 Å². The second-order valence-corrected chi connectivity index (χ2v) is 10.8. The molecule has 1 aromatic carbocycles. The number of rotatable bonds is 10. The molecule has 0 spiro atoms. The maximum atomic E-state index is 14.1. The van der Waals surface area contributed by atoms with Gasteiger partial charge in [0.25, 0.3) is 5.91 Å². The summed E-state index contributed by atoms with van der Waals surface area (Å²) in [6, 6.07) is 9.36. The largest absolute Gasteiger partial charge is 0.497 e. The number of methoxy groups -OCH3 is 1. The van der Waals surface area contributed by atoms with E-state index in [2.05, 4.69) is 10.3 Å². The van der Waals surface area contributed by atoms with Gasteiger partial charge in [-0.1, -0.05) is 0 Å². The molecule has 1 fully saturated rings. The van der Waals surface area contributed by atoms with Crippen molar-refractivity contribution in [3.63, 3.8) is 0 Å². The minimum Gasteiger partial charge on any atom is -0.497 e. The van der Waals surface area contributed by atoms with E-state index >= 15 is 0 Å². The lowest BCUT2D eigenvalue weighted by atomic mass is 9.81. The lowest BCUT2D eigenvalue weighted by Gasteiger charge is -2.42. The number of carbonyl (C=O) groups is 1. The predicted molar refractivity (Wildman–Crippen MR) is 126 cm³/mol. The smallest absolute Gasteiger partial charge is 0.280 e. The average Bonchev–Trinajstić information content (AvgIpc) is 2.85. The van der Waals surface area contributed by atoms with Gasteiger partial charge in [-0.25, -0.2) is 13.9 Å². The maximum absolute atomic E-state index is 14.1. The van der Waals surface area contributed by atoms with Crippen LogP contribution >= 0.6 is 0 Å². The van der Waals surface area contributed by atoms with Gasteiger partial charge in [0.05, 0.1) is 24.2 Å². The Hall–Kier alpha value is -2.53. The number of amides is 1. The van der Waals surface area contributed by atoms with E-state index in [-0.39, 0.29) is 23.6 Å². The van der Waals surface area contributed by atoms with Crippen LogP contribution in [0.25, 0.3) is 0 Å². The predicted octanol–water partition coefficient (Wildman–Crippen LogP) is 2.84. The van der Waals surface area contributed by atoms with Gasteiger partial charge in [-0.2, -0.15) is 0 Å². The van der Waals surface area contributed by atoms with E-state index in [4.69, 9.17) is 9.47 Å². The van der Waals surface area contributed by atoms with Gasteiger partial charge < -0.3 is 9.47 Å². The molecule has 0 bridgehead atoms. The molecule has 1 amide bonds. The molecule has 2 aromatic rings. The lowest BCUT2D eigenvalue weighted by Crippen LogP contribution is -2.66. The van der Waals surface area contributed by atoms with Crippen LogP contribution in [-0.2, 0) is 25.9 Å². The molecule has 0 saturated heterocycles. The summed E-state index contributed by atoms with van der Waals surface area (Å²) < 4.78 is 39.3. The summed E-state index contributed by atoms with van der Waals surface area (Å²) >= 11 is 0. The second kappa shape index (κ2) is 11.3. The average molecular weight is 492 g/mol. The van der Waals surface area contributed by atoms with Crippen LogP contribution in [-0.4, -0.2) is 48.7 Å². The molecule has 1 aromatic heterocycles. The number of ether oxygens (including phenoxy) is 2. The first kappa shape index (κ1) is 26.1. The number of pyridine rings is 1. The van der Waals surface area contributed by atoms with E-state index in [1.807, 2.05) is 13.8 Å². The monoisotopic (exact) mass is 491 g/mol. The Balaban J connectivity index is 2.04. The fraction of sp³-hybridized carbons (Fsp3) is 0.500. The Morgan fingerprint density at radius 1 is 1.12 bits per heavy atom.